The second-order valence-electron chi connectivity index (χ2n) is 6.58. The summed E-state index contributed by atoms with van der Waals surface area (Å²) in [4.78, 5) is 42.0. The minimum Gasteiger partial charge on any atom is -0.478 e. The van der Waals surface area contributed by atoms with Gasteiger partial charge in [0.15, 0.2) is 5.82 Å². The van der Waals surface area contributed by atoms with Crippen LogP contribution in [0.2, 0.25) is 0 Å². The molecule has 9 nitrogen and oxygen atoms in total. The molecule has 0 unspecified atom stereocenters. The van der Waals surface area contributed by atoms with E-state index in [1.807, 2.05) is 19.1 Å². The molecular formula is C21H21N5O4. The maximum Gasteiger partial charge on any atom is 0.335 e. The van der Waals surface area contributed by atoms with Gasteiger partial charge in [-0.05, 0) is 41.8 Å². The summed E-state index contributed by atoms with van der Waals surface area (Å²) in [5.74, 6) is -1.37. The van der Waals surface area contributed by atoms with E-state index in [0.717, 1.165) is 17.5 Å². The zero-order chi connectivity index (χ0) is 21.7. The highest BCUT2D eigenvalue weighted by atomic mass is 16.4. The van der Waals surface area contributed by atoms with Gasteiger partial charge in [0.05, 0.1) is 5.56 Å². The minimum absolute atomic E-state index is 0.0161. The number of carbonyl (C=O) groups is 3. The Morgan fingerprint density at radius 2 is 1.63 bits per heavy atom. The SMILES string of the molecule is CCc1ccc(NC(=O)Nc2nc(Cc3ccc(C(=O)O)cc3)[nH]c2C(N)=O)cc1. The molecule has 30 heavy (non-hydrogen) atoms. The molecule has 0 aliphatic carbocycles. The van der Waals surface area contributed by atoms with Gasteiger partial charge in [-0.3, -0.25) is 10.1 Å². The number of carboxylic acids is 1. The number of anilines is 2. The van der Waals surface area contributed by atoms with Gasteiger partial charge < -0.3 is 21.1 Å². The predicted molar refractivity (Wildman–Crippen MR) is 112 cm³/mol. The first-order valence-electron chi connectivity index (χ1n) is 9.23. The molecule has 0 bridgehead atoms. The van der Waals surface area contributed by atoms with E-state index < -0.39 is 17.9 Å². The van der Waals surface area contributed by atoms with Crippen molar-refractivity contribution in [2.45, 2.75) is 19.8 Å². The number of aromatic nitrogens is 2. The van der Waals surface area contributed by atoms with E-state index in [2.05, 4.69) is 20.6 Å². The van der Waals surface area contributed by atoms with Crippen molar-refractivity contribution < 1.29 is 19.5 Å². The van der Waals surface area contributed by atoms with Crippen LogP contribution in [0.4, 0.5) is 16.3 Å². The summed E-state index contributed by atoms with van der Waals surface area (Å²) >= 11 is 0. The topological polar surface area (TPSA) is 150 Å². The Kier molecular flexibility index (Phi) is 6.11. The molecule has 3 amide bonds. The van der Waals surface area contributed by atoms with Crippen molar-refractivity contribution in [3.8, 4) is 0 Å². The minimum atomic E-state index is -1.02. The normalized spacial score (nSPS) is 10.4. The van der Waals surface area contributed by atoms with Crippen LogP contribution in [0.15, 0.2) is 48.5 Å². The van der Waals surface area contributed by atoms with Crippen LogP contribution in [0, 0.1) is 0 Å². The first kappa shape index (κ1) is 20.6. The van der Waals surface area contributed by atoms with Gasteiger partial charge >= 0.3 is 12.0 Å². The molecule has 0 spiro atoms. The third kappa shape index (κ3) is 5.02. The number of nitrogens with two attached hydrogens (primary N) is 1. The Labute approximate surface area is 172 Å². The zero-order valence-corrected chi connectivity index (χ0v) is 16.2. The molecule has 0 aliphatic rings. The van der Waals surface area contributed by atoms with Crippen molar-refractivity contribution in [3.63, 3.8) is 0 Å². The van der Waals surface area contributed by atoms with E-state index >= 15 is 0 Å². The first-order valence-corrected chi connectivity index (χ1v) is 9.23. The highest BCUT2D eigenvalue weighted by molar-refractivity contribution is 6.04. The Balaban J connectivity index is 1.72. The largest absolute Gasteiger partial charge is 0.478 e. The summed E-state index contributed by atoms with van der Waals surface area (Å²) in [5, 5.41) is 14.2. The van der Waals surface area contributed by atoms with E-state index in [0.29, 0.717) is 17.9 Å². The maximum atomic E-state index is 12.3. The number of hydrogen-bond donors (Lipinski definition) is 5. The summed E-state index contributed by atoms with van der Waals surface area (Å²) in [6.45, 7) is 2.04. The van der Waals surface area contributed by atoms with E-state index in [1.54, 1.807) is 24.3 Å². The van der Waals surface area contributed by atoms with E-state index in [-0.39, 0.29) is 17.1 Å². The third-order valence-corrected chi connectivity index (χ3v) is 4.42. The predicted octanol–water partition coefficient (Wildman–Crippen LogP) is 3.00. The maximum absolute atomic E-state index is 12.3. The lowest BCUT2D eigenvalue weighted by Crippen LogP contribution is -2.22. The van der Waals surface area contributed by atoms with Crippen LogP contribution in [-0.4, -0.2) is 33.0 Å². The molecule has 1 heterocycles. The highest BCUT2D eigenvalue weighted by Crippen LogP contribution is 2.17. The number of amides is 3. The van der Waals surface area contributed by atoms with Crippen LogP contribution in [0.25, 0.3) is 0 Å². The van der Waals surface area contributed by atoms with Crippen LogP contribution in [0.3, 0.4) is 0 Å². The van der Waals surface area contributed by atoms with E-state index in [9.17, 15) is 14.4 Å². The fourth-order valence-electron chi connectivity index (χ4n) is 2.83. The molecule has 3 rings (SSSR count). The lowest BCUT2D eigenvalue weighted by atomic mass is 10.1. The van der Waals surface area contributed by atoms with Gasteiger partial charge in [0.1, 0.15) is 11.5 Å². The van der Waals surface area contributed by atoms with Gasteiger partial charge in [0, 0.05) is 12.1 Å². The first-order chi connectivity index (χ1) is 14.4. The number of urea groups is 1. The number of carbonyl (C=O) groups excluding carboxylic acids is 2. The summed E-state index contributed by atoms with van der Waals surface area (Å²) in [7, 11) is 0. The second-order valence-corrected chi connectivity index (χ2v) is 6.58. The summed E-state index contributed by atoms with van der Waals surface area (Å²) in [5.41, 5.74) is 8.05. The number of aromatic amines is 1. The summed E-state index contributed by atoms with van der Waals surface area (Å²) in [6, 6.07) is 13.1. The molecule has 2 aromatic carbocycles. The number of carboxylic acid groups (broad SMARTS) is 1. The van der Waals surface area contributed by atoms with Crippen LogP contribution in [0.5, 0.6) is 0 Å². The molecular weight excluding hydrogens is 386 g/mol. The fraction of sp³-hybridized carbons (Fsp3) is 0.143. The molecule has 0 aliphatic heterocycles. The van der Waals surface area contributed by atoms with Crippen LogP contribution >= 0.6 is 0 Å². The quantitative estimate of drug-likeness (QED) is 0.408. The molecule has 154 valence electrons. The van der Waals surface area contributed by atoms with Crippen molar-refractivity contribution >= 4 is 29.4 Å². The average molecular weight is 407 g/mol. The van der Waals surface area contributed by atoms with E-state index in [4.69, 9.17) is 10.8 Å². The number of aromatic carboxylic acids is 1. The third-order valence-electron chi connectivity index (χ3n) is 4.42. The number of hydrogen-bond acceptors (Lipinski definition) is 4. The number of aryl methyl sites for hydroxylation is 1. The van der Waals surface area contributed by atoms with Gasteiger partial charge in [-0.2, -0.15) is 0 Å². The van der Waals surface area contributed by atoms with Crippen molar-refractivity contribution in [2.24, 2.45) is 5.73 Å². The Bertz CT molecular complexity index is 1070. The van der Waals surface area contributed by atoms with Crippen LogP contribution in [0.1, 0.15) is 44.7 Å². The van der Waals surface area contributed by atoms with Gasteiger partial charge in [0.2, 0.25) is 0 Å². The molecule has 9 heteroatoms. The monoisotopic (exact) mass is 407 g/mol. The molecule has 0 fully saturated rings. The molecule has 0 saturated carbocycles. The Morgan fingerprint density at radius 1 is 1.00 bits per heavy atom. The standard InChI is InChI=1S/C21H21N5O4/c1-2-12-5-9-15(10-6-12)23-21(30)26-19-17(18(22)27)24-16(25-19)11-13-3-7-14(8-4-13)20(28)29/h3-10H,2,11H2,1H3,(H2,22,27)(H,24,25)(H,28,29)(H2,23,26,30). The lowest BCUT2D eigenvalue weighted by molar-refractivity contribution is 0.0696. The van der Waals surface area contributed by atoms with Crippen molar-refractivity contribution in [2.75, 3.05) is 10.6 Å². The molecule has 3 aromatic rings. The smallest absolute Gasteiger partial charge is 0.335 e. The van der Waals surface area contributed by atoms with Gasteiger partial charge in [-0.1, -0.05) is 31.2 Å². The molecule has 6 N–H and O–H groups in total. The van der Waals surface area contributed by atoms with Crippen molar-refractivity contribution in [3.05, 3.63) is 76.7 Å². The average Bonchev–Trinajstić information content (AvgIpc) is 3.11. The highest BCUT2D eigenvalue weighted by Gasteiger charge is 2.17. The number of imidazole rings is 1. The van der Waals surface area contributed by atoms with E-state index in [1.165, 1.54) is 12.1 Å². The lowest BCUT2D eigenvalue weighted by Gasteiger charge is -2.07. The van der Waals surface area contributed by atoms with Crippen LogP contribution < -0.4 is 16.4 Å². The summed E-state index contributed by atoms with van der Waals surface area (Å²) in [6.07, 6.45) is 1.19. The number of H-pyrrole nitrogens is 1. The number of rotatable bonds is 7. The fourth-order valence-corrected chi connectivity index (χ4v) is 2.83. The molecule has 1 aromatic heterocycles. The van der Waals surface area contributed by atoms with Gasteiger partial charge in [0.25, 0.3) is 5.91 Å². The van der Waals surface area contributed by atoms with Gasteiger partial charge in [-0.15, -0.1) is 0 Å². The number of nitrogens with zero attached hydrogens (tertiary/aromatic N) is 1. The molecule has 0 atom stereocenters. The Morgan fingerprint density at radius 3 is 2.20 bits per heavy atom. The number of benzene rings is 2. The van der Waals surface area contributed by atoms with Crippen molar-refractivity contribution in [1.82, 2.24) is 9.97 Å². The van der Waals surface area contributed by atoms with Gasteiger partial charge in [-0.25, -0.2) is 14.6 Å². The van der Waals surface area contributed by atoms with Crippen LogP contribution in [-0.2, 0) is 12.8 Å². The van der Waals surface area contributed by atoms with Crippen molar-refractivity contribution in [1.29, 1.82) is 0 Å². The molecule has 0 radical (unpaired) electrons. The second kappa shape index (κ2) is 8.91. The zero-order valence-electron chi connectivity index (χ0n) is 16.2. The number of nitrogens with one attached hydrogen (secondary N) is 3. The summed E-state index contributed by atoms with van der Waals surface area (Å²) < 4.78 is 0. The number of primary amides is 1. The molecule has 0 saturated heterocycles. The Hall–Kier alpha value is -4.14.